The Morgan fingerprint density at radius 3 is 2.50 bits per heavy atom. The lowest BCUT2D eigenvalue weighted by molar-refractivity contribution is -0.150. The van der Waals surface area contributed by atoms with E-state index in [2.05, 4.69) is 0 Å². The number of hydrogen-bond donors (Lipinski definition) is 2. The summed E-state index contributed by atoms with van der Waals surface area (Å²) in [6, 6.07) is 11.5. The molecule has 5 nitrogen and oxygen atoms in total. The number of anilines is 1. The first-order valence-corrected chi connectivity index (χ1v) is 9.48. The van der Waals surface area contributed by atoms with Gasteiger partial charge in [-0.1, -0.05) is 31.2 Å². The Morgan fingerprint density at radius 2 is 1.93 bits per heavy atom. The standard InChI is InChI=1S/C22H25FN2O3/c1-3-22(15-9-11-16(24)12-10-15)17(21(27)28)7-5-13-25(22)20(26)19-14(2)6-4-8-18(19)23/h4,6,8-12,17H,3,5,7,13,24H2,1-2H3,(H,27,28)/t17-,22+/m1/s1. The molecule has 28 heavy (non-hydrogen) atoms. The third-order valence-corrected chi connectivity index (χ3v) is 5.86. The highest BCUT2D eigenvalue weighted by Crippen LogP contribution is 2.46. The number of aliphatic carboxylic acids is 1. The van der Waals surface area contributed by atoms with E-state index >= 15 is 0 Å². The molecule has 0 spiro atoms. The summed E-state index contributed by atoms with van der Waals surface area (Å²) in [7, 11) is 0. The number of likely N-dealkylation sites (tertiary alicyclic amines) is 1. The number of hydrogen-bond acceptors (Lipinski definition) is 3. The fraction of sp³-hybridized carbons (Fsp3) is 0.364. The van der Waals surface area contributed by atoms with Crippen LogP contribution in [0.5, 0.6) is 0 Å². The van der Waals surface area contributed by atoms with E-state index in [9.17, 15) is 19.1 Å². The molecule has 3 N–H and O–H groups in total. The van der Waals surface area contributed by atoms with Gasteiger partial charge in [0.2, 0.25) is 0 Å². The molecular weight excluding hydrogens is 359 g/mol. The highest BCUT2D eigenvalue weighted by atomic mass is 19.1. The number of nitrogen functional groups attached to an aromatic ring is 1. The lowest BCUT2D eigenvalue weighted by Gasteiger charge is -2.51. The summed E-state index contributed by atoms with van der Waals surface area (Å²) < 4.78 is 14.5. The van der Waals surface area contributed by atoms with E-state index in [0.29, 0.717) is 42.6 Å². The monoisotopic (exact) mass is 384 g/mol. The summed E-state index contributed by atoms with van der Waals surface area (Å²) >= 11 is 0. The number of carboxylic acid groups (broad SMARTS) is 1. The lowest BCUT2D eigenvalue weighted by Crippen LogP contribution is -2.59. The summed E-state index contributed by atoms with van der Waals surface area (Å²) in [5.41, 5.74) is 6.55. The van der Waals surface area contributed by atoms with Gasteiger partial charge in [0.15, 0.2) is 0 Å². The molecule has 1 fully saturated rings. The number of nitrogens with zero attached hydrogens (tertiary/aromatic N) is 1. The van der Waals surface area contributed by atoms with Crippen LogP contribution in [0.3, 0.4) is 0 Å². The first-order chi connectivity index (χ1) is 13.3. The Hall–Kier alpha value is -2.89. The van der Waals surface area contributed by atoms with Gasteiger partial charge in [-0.25, -0.2) is 4.39 Å². The Kier molecular flexibility index (Phi) is 5.40. The van der Waals surface area contributed by atoms with Crippen LogP contribution in [0.25, 0.3) is 0 Å². The quantitative estimate of drug-likeness (QED) is 0.782. The molecule has 0 aliphatic carbocycles. The highest BCUT2D eigenvalue weighted by Gasteiger charge is 2.52. The van der Waals surface area contributed by atoms with Crippen LogP contribution in [0, 0.1) is 18.7 Å². The van der Waals surface area contributed by atoms with Crippen LogP contribution >= 0.6 is 0 Å². The van der Waals surface area contributed by atoms with Gasteiger partial charge < -0.3 is 15.7 Å². The molecule has 1 saturated heterocycles. The number of rotatable bonds is 4. The topological polar surface area (TPSA) is 83.6 Å². The van der Waals surface area contributed by atoms with Crippen molar-refractivity contribution in [1.29, 1.82) is 0 Å². The highest BCUT2D eigenvalue weighted by molar-refractivity contribution is 5.97. The molecular formula is C22H25FN2O3. The number of carbonyl (C=O) groups is 2. The second-order valence-electron chi connectivity index (χ2n) is 7.32. The SMILES string of the molecule is CC[C@]1(c2ccc(N)cc2)[C@@H](C(=O)O)CCCN1C(=O)c1c(C)cccc1F. The number of nitrogens with two attached hydrogens (primary N) is 1. The maximum atomic E-state index is 14.5. The Bertz CT molecular complexity index is 877. The van der Waals surface area contributed by atoms with Gasteiger partial charge in [-0.2, -0.15) is 0 Å². The van der Waals surface area contributed by atoms with Crippen LogP contribution in [-0.4, -0.2) is 28.4 Å². The minimum atomic E-state index is -1.07. The van der Waals surface area contributed by atoms with Crippen molar-refractivity contribution >= 4 is 17.6 Å². The molecule has 2 aromatic rings. The third-order valence-electron chi connectivity index (χ3n) is 5.86. The summed E-state index contributed by atoms with van der Waals surface area (Å²) in [6.45, 7) is 3.92. The largest absolute Gasteiger partial charge is 0.481 e. The molecule has 0 aromatic heterocycles. The van der Waals surface area contributed by atoms with Crippen molar-refractivity contribution in [1.82, 2.24) is 4.90 Å². The summed E-state index contributed by atoms with van der Waals surface area (Å²) in [5, 5.41) is 9.96. The zero-order chi connectivity index (χ0) is 20.5. The van der Waals surface area contributed by atoms with Crippen molar-refractivity contribution in [2.24, 2.45) is 5.92 Å². The average molecular weight is 384 g/mol. The van der Waals surface area contributed by atoms with Gasteiger partial charge in [-0.3, -0.25) is 9.59 Å². The smallest absolute Gasteiger partial charge is 0.309 e. The molecule has 1 heterocycles. The molecule has 0 unspecified atom stereocenters. The van der Waals surface area contributed by atoms with E-state index in [1.54, 1.807) is 48.2 Å². The van der Waals surface area contributed by atoms with E-state index in [4.69, 9.17) is 5.73 Å². The number of aryl methyl sites for hydroxylation is 1. The molecule has 6 heteroatoms. The molecule has 0 saturated carbocycles. The van der Waals surface area contributed by atoms with Gasteiger partial charge in [0.05, 0.1) is 17.0 Å². The van der Waals surface area contributed by atoms with E-state index in [1.165, 1.54) is 6.07 Å². The van der Waals surface area contributed by atoms with Crippen LogP contribution in [0.15, 0.2) is 42.5 Å². The van der Waals surface area contributed by atoms with Crippen molar-refractivity contribution in [3.8, 4) is 0 Å². The molecule has 2 aromatic carbocycles. The van der Waals surface area contributed by atoms with Gasteiger partial charge in [0.25, 0.3) is 5.91 Å². The van der Waals surface area contributed by atoms with Gasteiger partial charge >= 0.3 is 5.97 Å². The summed E-state index contributed by atoms with van der Waals surface area (Å²) in [6.07, 6.45) is 1.40. The van der Waals surface area contributed by atoms with E-state index in [-0.39, 0.29) is 5.56 Å². The maximum Gasteiger partial charge on any atom is 0.309 e. The predicted molar refractivity (Wildman–Crippen MR) is 105 cm³/mol. The fourth-order valence-corrected chi connectivity index (χ4v) is 4.50. The van der Waals surface area contributed by atoms with E-state index in [0.717, 1.165) is 0 Å². The first kappa shape index (κ1) is 19.9. The maximum absolute atomic E-state index is 14.5. The van der Waals surface area contributed by atoms with E-state index < -0.39 is 29.2 Å². The van der Waals surface area contributed by atoms with Crippen LogP contribution in [0.2, 0.25) is 0 Å². The van der Waals surface area contributed by atoms with Crippen molar-refractivity contribution in [3.05, 3.63) is 65.0 Å². The molecule has 1 aliphatic heterocycles. The van der Waals surface area contributed by atoms with Crippen molar-refractivity contribution in [3.63, 3.8) is 0 Å². The second-order valence-corrected chi connectivity index (χ2v) is 7.32. The van der Waals surface area contributed by atoms with Crippen molar-refractivity contribution < 1.29 is 19.1 Å². The molecule has 1 aliphatic rings. The average Bonchev–Trinajstić information content (AvgIpc) is 2.67. The van der Waals surface area contributed by atoms with Crippen LogP contribution in [-0.2, 0) is 10.3 Å². The number of carboxylic acids is 1. The van der Waals surface area contributed by atoms with Crippen LogP contribution in [0.4, 0.5) is 10.1 Å². The predicted octanol–water partition coefficient (Wildman–Crippen LogP) is 3.96. The Balaban J connectivity index is 2.20. The Morgan fingerprint density at radius 1 is 1.25 bits per heavy atom. The minimum Gasteiger partial charge on any atom is -0.481 e. The minimum absolute atomic E-state index is 0.00167. The number of amides is 1. The number of halogens is 1. The zero-order valence-corrected chi connectivity index (χ0v) is 16.1. The molecule has 2 atom stereocenters. The third kappa shape index (κ3) is 3.13. The van der Waals surface area contributed by atoms with Gasteiger partial charge in [0, 0.05) is 12.2 Å². The number of carbonyl (C=O) groups excluding carboxylic acids is 1. The normalized spacial score (nSPS) is 22.1. The molecule has 3 rings (SSSR count). The second kappa shape index (κ2) is 7.62. The molecule has 0 bridgehead atoms. The van der Waals surface area contributed by atoms with Gasteiger partial charge in [0.1, 0.15) is 5.82 Å². The van der Waals surface area contributed by atoms with Gasteiger partial charge in [-0.15, -0.1) is 0 Å². The summed E-state index contributed by atoms with van der Waals surface area (Å²) in [4.78, 5) is 27.2. The van der Waals surface area contributed by atoms with Gasteiger partial charge in [-0.05, 0) is 55.5 Å². The Labute approximate surface area is 164 Å². The fourth-order valence-electron chi connectivity index (χ4n) is 4.50. The zero-order valence-electron chi connectivity index (χ0n) is 16.1. The first-order valence-electron chi connectivity index (χ1n) is 9.48. The molecule has 1 amide bonds. The lowest BCUT2D eigenvalue weighted by atomic mass is 9.69. The van der Waals surface area contributed by atoms with E-state index in [1.807, 2.05) is 6.92 Å². The molecule has 148 valence electrons. The van der Waals surface area contributed by atoms with Crippen molar-refractivity contribution in [2.75, 3.05) is 12.3 Å². The van der Waals surface area contributed by atoms with Crippen molar-refractivity contribution in [2.45, 2.75) is 38.6 Å². The van der Waals surface area contributed by atoms with Crippen LogP contribution < -0.4 is 5.73 Å². The summed E-state index contributed by atoms with van der Waals surface area (Å²) in [5.74, 6) is -2.81. The van der Waals surface area contributed by atoms with Crippen LogP contribution in [0.1, 0.15) is 47.7 Å². The number of piperidine rings is 1. The molecule has 0 radical (unpaired) electrons. The number of benzene rings is 2.